The maximum absolute atomic E-state index is 11.3. The van der Waals surface area contributed by atoms with Crippen LogP contribution in [0.1, 0.15) is 46.9 Å². The largest absolute Gasteiger partial charge is 1.00 e. The molecule has 1 amide bonds. The second-order valence-corrected chi connectivity index (χ2v) is 5.47. The molecule has 0 aliphatic heterocycles. The Morgan fingerprint density at radius 2 is 1.83 bits per heavy atom. The molecule has 7 heteroatoms. The third-order valence-corrected chi connectivity index (χ3v) is 3.33. The van der Waals surface area contributed by atoms with Crippen LogP contribution in [-0.2, 0) is 19.2 Å². The number of hydrogen-bond donors (Lipinski definition) is 1. The van der Waals surface area contributed by atoms with Crippen molar-refractivity contribution in [2.45, 2.75) is 45.4 Å². The van der Waals surface area contributed by atoms with Crippen LogP contribution < -0.4 is 35.0 Å². The van der Waals surface area contributed by atoms with Crippen LogP contribution in [-0.4, -0.2) is 20.1 Å². The Morgan fingerprint density at radius 3 is 2.39 bits per heavy atom. The van der Waals surface area contributed by atoms with Crippen LogP contribution in [0, 0.1) is 0 Å². The third-order valence-electron chi connectivity index (χ3n) is 2.20. The number of amides is 1. The van der Waals surface area contributed by atoms with Crippen molar-refractivity contribution in [2.24, 2.45) is 0 Å². The monoisotopic (exact) mass is 287 g/mol. The van der Waals surface area contributed by atoms with E-state index in [9.17, 15) is 13.2 Å². The molecule has 0 spiro atoms. The fourth-order valence-electron chi connectivity index (χ4n) is 1.25. The Morgan fingerprint density at radius 1 is 1.28 bits per heavy atom. The van der Waals surface area contributed by atoms with Crippen LogP contribution in [0.3, 0.4) is 0 Å². The number of rotatable bonds is 10. The van der Waals surface area contributed by atoms with Gasteiger partial charge in [0.15, 0.2) is 0 Å². The van der Waals surface area contributed by atoms with Crippen LogP contribution in [0.5, 0.6) is 0 Å². The first kappa shape index (κ1) is 20.4. The molecule has 0 atom stereocenters. The molecule has 0 saturated heterocycles. The molecule has 0 radical (unpaired) electrons. The molecular weight excluding hydrogens is 265 g/mol. The van der Waals surface area contributed by atoms with E-state index in [0.717, 1.165) is 31.8 Å². The number of unbranched alkanes of at least 4 members (excludes halogenated alkanes) is 5. The van der Waals surface area contributed by atoms with E-state index in [1.807, 2.05) is 0 Å². The smallest absolute Gasteiger partial charge is 1.00 e. The number of carbonyl (C=O) groups is 1. The van der Waals surface area contributed by atoms with Gasteiger partial charge in [0.2, 0.25) is 0 Å². The van der Waals surface area contributed by atoms with E-state index in [4.69, 9.17) is 0 Å². The van der Waals surface area contributed by atoms with Gasteiger partial charge in [0.05, 0.1) is 5.75 Å². The predicted octanol–water partition coefficient (Wildman–Crippen LogP) is -0.973. The van der Waals surface area contributed by atoms with Gasteiger partial charge in [-0.3, -0.25) is 4.79 Å². The summed E-state index contributed by atoms with van der Waals surface area (Å²) >= 11 is 0. The van der Waals surface area contributed by atoms with Crippen molar-refractivity contribution in [1.29, 1.82) is 0 Å². The normalized spacial score (nSPS) is 10.5. The number of hydroxylamine groups is 1. The Kier molecular flexibility index (Phi) is 13.8. The zero-order valence-corrected chi connectivity index (χ0v) is 14.1. The minimum atomic E-state index is -3.66. The molecule has 0 saturated carbocycles. The average Bonchev–Trinajstić information content (AvgIpc) is 2.30. The molecule has 0 heterocycles. The second kappa shape index (κ2) is 12.2. The van der Waals surface area contributed by atoms with Crippen molar-refractivity contribution >= 4 is 16.0 Å². The van der Waals surface area contributed by atoms with Crippen molar-refractivity contribution in [1.82, 2.24) is 5.48 Å². The number of nitrogens with one attached hydrogen (secondary N) is 1. The van der Waals surface area contributed by atoms with Crippen molar-refractivity contribution < 1.29 is 48.5 Å². The van der Waals surface area contributed by atoms with Crippen molar-refractivity contribution in [3.63, 3.8) is 0 Å². The van der Waals surface area contributed by atoms with Crippen molar-refractivity contribution in [3.8, 4) is 0 Å². The van der Waals surface area contributed by atoms with E-state index >= 15 is 0 Å². The van der Waals surface area contributed by atoms with Gasteiger partial charge in [0.1, 0.15) is 0 Å². The van der Waals surface area contributed by atoms with Gasteiger partial charge in [-0.1, -0.05) is 45.6 Å². The summed E-state index contributed by atoms with van der Waals surface area (Å²) in [5, 5.41) is 0. The SMILES string of the molecule is C=CC(=O)NOS(=O)(=O)CCCCCCCC.[H-].[Na+]. The fraction of sp³-hybridized carbons (Fsp3) is 0.727. The molecule has 102 valence electrons. The maximum Gasteiger partial charge on any atom is 1.00 e. The van der Waals surface area contributed by atoms with Gasteiger partial charge in [-0.25, -0.2) is 5.48 Å². The second-order valence-electron chi connectivity index (χ2n) is 3.78. The molecule has 0 aliphatic carbocycles. The van der Waals surface area contributed by atoms with Gasteiger partial charge < -0.3 is 1.43 Å². The standard InChI is InChI=1S/C11H21NO4S.Na.H/c1-3-5-6-7-8-9-10-17(14,15)16-12-11(13)4-2;;/h4H,2-3,5-10H2,1H3,(H,12,13);;/q;+1;-1. The number of hydrogen-bond acceptors (Lipinski definition) is 4. The number of carbonyl (C=O) groups excluding carboxylic acids is 1. The van der Waals surface area contributed by atoms with Crippen LogP contribution in [0.2, 0.25) is 0 Å². The van der Waals surface area contributed by atoms with Gasteiger partial charge in [-0.2, -0.15) is 8.42 Å². The van der Waals surface area contributed by atoms with E-state index in [2.05, 4.69) is 17.8 Å². The molecule has 5 nitrogen and oxygen atoms in total. The van der Waals surface area contributed by atoms with Crippen molar-refractivity contribution in [3.05, 3.63) is 12.7 Å². The molecule has 18 heavy (non-hydrogen) atoms. The minimum Gasteiger partial charge on any atom is -1.00 e. The molecule has 0 rings (SSSR count). The van der Waals surface area contributed by atoms with Crippen molar-refractivity contribution in [2.75, 3.05) is 5.75 Å². The van der Waals surface area contributed by atoms with Gasteiger partial charge in [0, 0.05) is 0 Å². The Bertz CT molecular complexity index is 336. The first-order valence-electron chi connectivity index (χ1n) is 5.85. The summed E-state index contributed by atoms with van der Waals surface area (Å²) in [5.41, 5.74) is 1.79. The Balaban J connectivity index is -0.00000128. The van der Waals surface area contributed by atoms with Crippen LogP contribution >= 0.6 is 0 Å². The van der Waals surface area contributed by atoms with Crippen LogP contribution in [0.25, 0.3) is 0 Å². The first-order chi connectivity index (χ1) is 8.02. The fourth-order valence-corrected chi connectivity index (χ4v) is 2.10. The molecular formula is C11H22NNaO4S. The van der Waals surface area contributed by atoms with Gasteiger partial charge in [-0.15, -0.1) is 4.28 Å². The van der Waals surface area contributed by atoms with E-state index in [1.54, 1.807) is 5.48 Å². The van der Waals surface area contributed by atoms with Gasteiger partial charge in [-0.05, 0) is 12.5 Å². The molecule has 0 aliphatic rings. The zero-order chi connectivity index (χ0) is 13.1. The zero-order valence-electron chi connectivity index (χ0n) is 12.3. The molecule has 0 aromatic carbocycles. The average molecular weight is 287 g/mol. The van der Waals surface area contributed by atoms with Crippen LogP contribution in [0.15, 0.2) is 12.7 Å². The van der Waals surface area contributed by atoms with E-state index < -0.39 is 16.0 Å². The summed E-state index contributed by atoms with van der Waals surface area (Å²) in [6.07, 6.45) is 6.86. The topological polar surface area (TPSA) is 72.5 Å². The molecule has 0 fully saturated rings. The minimum absolute atomic E-state index is 0. The van der Waals surface area contributed by atoms with E-state index in [0.29, 0.717) is 6.42 Å². The summed E-state index contributed by atoms with van der Waals surface area (Å²) in [6, 6.07) is 0. The van der Waals surface area contributed by atoms with Gasteiger partial charge in [0.25, 0.3) is 16.0 Å². The summed E-state index contributed by atoms with van der Waals surface area (Å²) in [6.45, 7) is 5.30. The third kappa shape index (κ3) is 12.6. The predicted molar refractivity (Wildman–Crippen MR) is 67.7 cm³/mol. The summed E-state index contributed by atoms with van der Waals surface area (Å²) < 4.78 is 26.8. The quantitative estimate of drug-likeness (QED) is 0.243. The van der Waals surface area contributed by atoms with E-state index in [1.165, 1.54) is 6.42 Å². The molecule has 0 aromatic rings. The molecule has 0 bridgehead atoms. The summed E-state index contributed by atoms with van der Waals surface area (Å²) in [5.74, 6) is -0.743. The first-order valence-corrected chi connectivity index (χ1v) is 7.43. The Hall–Kier alpha value is 0.120. The molecule has 0 aromatic heterocycles. The van der Waals surface area contributed by atoms with Gasteiger partial charge >= 0.3 is 29.6 Å². The summed E-state index contributed by atoms with van der Waals surface area (Å²) in [4.78, 5) is 10.7. The Labute approximate surface area is 133 Å². The van der Waals surface area contributed by atoms with Crippen LogP contribution in [0.4, 0.5) is 0 Å². The molecule has 0 unspecified atom stereocenters. The summed E-state index contributed by atoms with van der Waals surface area (Å²) in [7, 11) is -3.66. The van der Waals surface area contributed by atoms with E-state index in [-0.39, 0.29) is 36.7 Å². The maximum atomic E-state index is 11.3. The molecule has 1 N–H and O–H groups in total.